The second-order valence-electron chi connectivity index (χ2n) is 4.50. The van der Waals surface area contributed by atoms with Gasteiger partial charge in [0.25, 0.3) is 5.56 Å². The first-order chi connectivity index (χ1) is 10.6. The molecule has 0 aliphatic carbocycles. The van der Waals surface area contributed by atoms with Crippen molar-refractivity contribution in [3.63, 3.8) is 0 Å². The summed E-state index contributed by atoms with van der Waals surface area (Å²) >= 11 is 8.70. The van der Waals surface area contributed by atoms with Crippen LogP contribution in [0, 0.1) is 0 Å². The number of halogens is 1. The second kappa shape index (κ2) is 6.44. The lowest BCUT2D eigenvalue weighted by atomic mass is 10.1. The van der Waals surface area contributed by atoms with Crippen molar-refractivity contribution in [2.75, 3.05) is 0 Å². The lowest BCUT2D eigenvalue weighted by Crippen LogP contribution is -2.19. The zero-order valence-corrected chi connectivity index (χ0v) is 13.6. The van der Waals surface area contributed by atoms with Gasteiger partial charge in [-0.1, -0.05) is 23.7 Å². The van der Waals surface area contributed by atoms with E-state index < -0.39 is 0 Å². The van der Waals surface area contributed by atoms with E-state index in [-0.39, 0.29) is 11.3 Å². The summed E-state index contributed by atoms with van der Waals surface area (Å²) in [6, 6.07) is 8.65. The van der Waals surface area contributed by atoms with Gasteiger partial charge in [-0.05, 0) is 40.6 Å². The minimum Gasteiger partial charge on any atom is -0.313 e. The molecule has 3 nitrogen and oxygen atoms in total. The summed E-state index contributed by atoms with van der Waals surface area (Å²) in [6.07, 6.45) is 3.23. The van der Waals surface area contributed by atoms with Gasteiger partial charge in [0.15, 0.2) is 5.78 Å². The van der Waals surface area contributed by atoms with Crippen LogP contribution in [0.3, 0.4) is 0 Å². The van der Waals surface area contributed by atoms with E-state index in [4.69, 9.17) is 11.6 Å². The van der Waals surface area contributed by atoms with Crippen molar-refractivity contribution in [3.05, 3.63) is 76.8 Å². The fraction of sp³-hybridized carbons (Fsp3) is 0. The third kappa shape index (κ3) is 3.44. The third-order valence-electron chi connectivity index (χ3n) is 2.89. The summed E-state index contributed by atoms with van der Waals surface area (Å²) in [5.41, 5.74) is 1.27. The molecule has 22 heavy (non-hydrogen) atoms. The van der Waals surface area contributed by atoms with Gasteiger partial charge in [-0.15, -0.1) is 11.3 Å². The van der Waals surface area contributed by atoms with E-state index >= 15 is 0 Å². The largest absolute Gasteiger partial charge is 0.313 e. The average Bonchev–Trinajstić information content (AvgIpc) is 3.10. The number of ketones is 1. The van der Waals surface area contributed by atoms with E-state index in [1.807, 2.05) is 16.8 Å². The van der Waals surface area contributed by atoms with Gasteiger partial charge < -0.3 is 4.98 Å². The van der Waals surface area contributed by atoms with Gasteiger partial charge in [-0.25, -0.2) is 0 Å². The van der Waals surface area contributed by atoms with Crippen LogP contribution in [0.4, 0.5) is 0 Å². The van der Waals surface area contributed by atoms with Crippen molar-refractivity contribution in [1.82, 2.24) is 4.98 Å². The number of thiophene rings is 1. The van der Waals surface area contributed by atoms with E-state index in [1.165, 1.54) is 17.4 Å². The van der Waals surface area contributed by atoms with Gasteiger partial charge in [0.05, 0.1) is 9.20 Å². The highest BCUT2D eigenvalue weighted by atomic mass is 35.5. The molecule has 2 heterocycles. The molecule has 3 rings (SSSR count). The standard InChI is InChI=1S/C16H10ClNO2S2/c17-12-3-1-2-11(7-12)13(19)8-15-18-16(20)14(22-15)6-10-4-5-21-9-10/h1-9H,(H,18,20). The predicted octanol–water partition coefficient (Wildman–Crippen LogP) is 2.64. The summed E-state index contributed by atoms with van der Waals surface area (Å²) in [5.74, 6) is -0.193. The zero-order valence-electron chi connectivity index (χ0n) is 11.2. The molecule has 0 amide bonds. The molecule has 2 aromatic heterocycles. The highest BCUT2D eigenvalue weighted by Gasteiger charge is 2.04. The maximum atomic E-state index is 12.2. The summed E-state index contributed by atoms with van der Waals surface area (Å²) < 4.78 is 1.10. The van der Waals surface area contributed by atoms with Gasteiger partial charge in [0.2, 0.25) is 0 Å². The van der Waals surface area contributed by atoms with Crippen molar-refractivity contribution >= 4 is 52.2 Å². The fourth-order valence-corrected chi connectivity index (χ4v) is 3.57. The van der Waals surface area contributed by atoms with Crippen molar-refractivity contribution in [2.24, 2.45) is 0 Å². The molecular formula is C16H10ClNO2S2. The van der Waals surface area contributed by atoms with E-state index in [9.17, 15) is 9.59 Å². The number of aromatic amines is 1. The van der Waals surface area contributed by atoms with Crippen LogP contribution in [0.1, 0.15) is 15.9 Å². The molecule has 1 aromatic carbocycles. The molecule has 0 saturated heterocycles. The van der Waals surface area contributed by atoms with Crippen molar-refractivity contribution in [2.45, 2.75) is 0 Å². The summed E-state index contributed by atoms with van der Waals surface area (Å²) in [5, 5.41) is 4.41. The molecule has 0 aliphatic heterocycles. The maximum absolute atomic E-state index is 12.2. The molecular weight excluding hydrogens is 338 g/mol. The molecule has 6 heteroatoms. The van der Waals surface area contributed by atoms with Crippen LogP contribution in [0.25, 0.3) is 12.2 Å². The third-order valence-corrected chi connectivity index (χ3v) is 4.79. The number of thiazole rings is 1. The molecule has 1 N–H and O–H groups in total. The van der Waals surface area contributed by atoms with Gasteiger partial charge in [-0.3, -0.25) is 9.59 Å². The van der Waals surface area contributed by atoms with Crippen LogP contribution < -0.4 is 14.8 Å². The van der Waals surface area contributed by atoms with Gasteiger partial charge in [0.1, 0.15) is 0 Å². The molecule has 0 radical (unpaired) electrons. The Bertz CT molecular complexity index is 984. The Morgan fingerprint density at radius 1 is 1.27 bits per heavy atom. The second-order valence-corrected chi connectivity index (χ2v) is 6.80. The Kier molecular flexibility index (Phi) is 4.38. The van der Waals surface area contributed by atoms with Crippen LogP contribution in [0.5, 0.6) is 0 Å². The van der Waals surface area contributed by atoms with E-state index in [2.05, 4.69) is 4.98 Å². The van der Waals surface area contributed by atoms with Crippen LogP contribution in [-0.2, 0) is 0 Å². The smallest absolute Gasteiger partial charge is 0.266 e. The number of nitrogens with one attached hydrogen (secondary N) is 1. The van der Waals surface area contributed by atoms with Crippen molar-refractivity contribution in [1.29, 1.82) is 0 Å². The number of aromatic nitrogens is 1. The summed E-state index contributed by atoms with van der Waals surface area (Å²) in [4.78, 5) is 26.8. The molecule has 0 fully saturated rings. The number of carbonyl (C=O) groups excluding carboxylic acids is 1. The van der Waals surface area contributed by atoms with Crippen LogP contribution >= 0.6 is 34.3 Å². The predicted molar refractivity (Wildman–Crippen MR) is 92.3 cm³/mol. The van der Waals surface area contributed by atoms with Crippen LogP contribution in [0.15, 0.2) is 45.9 Å². The van der Waals surface area contributed by atoms with E-state index in [0.29, 0.717) is 19.8 Å². The molecule has 0 saturated carbocycles. The molecule has 0 aliphatic rings. The molecule has 0 atom stereocenters. The van der Waals surface area contributed by atoms with Gasteiger partial charge in [-0.2, -0.15) is 11.3 Å². The Morgan fingerprint density at radius 2 is 2.14 bits per heavy atom. The number of benzene rings is 1. The Hall–Kier alpha value is -1.95. The quantitative estimate of drug-likeness (QED) is 0.740. The number of rotatable bonds is 3. The first kappa shape index (κ1) is 15.0. The number of hydrogen-bond acceptors (Lipinski definition) is 4. The first-order valence-electron chi connectivity index (χ1n) is 6.36. The maximum Gasteiger partial charge on any atom is 0.266 e. The van der Waals surface area contributed by atoms with E-state index in [0.717, 1.165) is 5.56 Å². The van der Waals surface area contributed by atoms with Crippen LogP contribution in [-0.4, -0.2) is 10.8 Å². The molecule has 0 bridgehead atoms. The van der Waals surface area contributed by atoms with E-state index in [1.54, 1.807) is 41.7 Å². The SMILES string of the molecule is O=C(C=c1[nH]c(=O)c(=Cc2ccsc2)s1)c1cccc(Cl)c1. The normalized spacial score (nSPS) is 12.8. The van der Waals surface area contributed by atoms with Crippen molar-refractivity contribution < 1.29 is 4.79 Å². The molecule has 0 spiro atoms. The average molecular weight is 348 g/mol. The monoisotopic (exact) mass is 347 g/mol. The Morgan fingerprint density at radius 3 is 2.86 bits per heavy atom. The van der Waals surface area contributed by atoms with Crippen LogP contribution in [0.2, 0.25) is 5.02 Å². The summed E-state index contributed by atoms with van der Waals surface area (Å²) in [7, 11) is 0. The number of Topliss-reactive ketones (excluding diaryl/α,β-unsaturated/α-hetero) is 1. The topological polar surface area (TPSA) is 49.9 Å². The highest BCUT2D eigenvalue weighted by Crippen LogP contribution is 2.11. The van der Waals surface area contributed by atoms with Gasteiger partial charge in [0, 0.05) is 16.7 Å². The van der Waals surface area contributed by atoms with Gasteiger partial charge >= 0.3 is 0 Å². The number of H-pyrrole nitrogens is 1. The lowest BCUT2D eigenvalue weighted by molar-refractivity contribution is 0.106. The number of carbonyl (C=O) groups is 1. The Labute approximate surface area is 138 Å². The zero-order chi connectivity index (χ0) is 15.5. The lowest BCUT2D eigenvalue weighted by Gasteiger charge is -1.94. The van der Waals surface area contributed by atoms with Crippen molar-refractivity contribution in [3.8, 4) is 0 Å². The molecule has 3 aromatic rings. The fourth-order valence-electron chi connectivity index (χ4n) is 1.88. The number of hydrogen-bond donors (Lipinski definition) is 1. The highest BCUT2D eigenvalue weighted by molar-refractivity contribution is 7.08. The molecule has 0 unspecified atom stereocenters. The minimum atomic E-state index is -0.193. The summed E-state index contributed by atoms with van der Waals surface area (Å²) in [6.45, 7) is 0. The Balaban J connectivity index is 1.99. The first-order valence-corrected chi connectivity index (χ1v) is 8.50. The minimum absolute atomic E-state index is 0.193. The molecule has 110 valence electrons.